The second-order valence-corrected chi connectivity index (χ2v) is 4.91. The van der Waals surface area contributed by atoms with Crippen LogP contribution < -0.4 is 11.1 Å². The predicted molar refractivity (Wildman–Crippen MR) is 62.5 cm³/mol. The lowest BCUT2D eigenvalue weighted by atomic mass is 10.3. The van der Waals surface area contributed by atoms with Crippen molar-refractivity contribution < 1.29 is 28.1 Å². The van der Waals surface area contributed by atoms with Gasteiger partial charge < -0.3 is 20.8 Å². The average molecular weight is 283 g/mol. The molecular weight excluding hydrogens is 265 g/mol. The number of likely N-dealkylation sites (N-methyl/N-ethyl adjacent to an activating group) is 1. The van der Waals surface area contributed by atoms with E-state index in [0.717, 1.165) is 0 Å². The van der Waals surface area contributed by atoms with Gasteiger partial charge in [0.05, 0.1) is 13.2 Å². The molecule has 10 heteroatoms. The van der Waals surface area contributed by atoms with Gasteiger partial charge in [-0.15, -0.1) is 0 Å². The van der Waals surface area contributed by atoms with E-state index in [4.69, 9.17) is 5.73 Å². The van der Waals surface area contributed by atoms with Crippen LogP contribution in [-0.2, 0) is 23.2 Å². The number of hydrogen-bond donors (Lipinski definition) is 3. The van der Waals surface area contributed by atoms with Gasteiger partial charge in [0.2, 0.25) is 12.3 Å². The van der Waals surface area contributed by atoms with E-state index in [2.05, 4.69) is 14.4 Å². The predicted octanol–water partition coefficient (Wildman–Crippen LogP) is -1.72. The molecule has 4 N–H and O–H groups in total. The highest BCUT2D eigenvalue weighted by molar-refractivity contribution is 7.47. The zero-order chi connectivity index (χ0) is 14.2. The number of nitrogens with zero attached hydrogens (tertiary/aromatic N) is 1. The second-order valence-electron chi connectivity index (χ2n) is 3.46. The summed E-state index contributed by atoms with van der Waals surface area (Å²) in [6, 6.07) is -1.06. The molecule has 106 valence electrons. The molecule has 0 aliphatic heterocycles. The third kappa shape index (κ3) is 6.67. The first-order chi connectivity index (χ1) is 8.34. The molecule has 0 aromatic heterocycles. The minimum Gasteiger partial charge on any atom is -0.347 e. The lowest BCUT2D eigenvalue weighted by Gasteiger charge is -2.20. The second kappa shape index (κ2) is 8.17. The number of rotatable bonds is 9. The van der Waals surface area contributed by atoms with E-state index >= 15 is 0 Å². The maximum absolute atomic E-state index is 11.6. The molecule has 0 heterocycles. The van der Waals surface area contributed by atoms with Crippen molar-refractivity contribution in [3.05, 3.63) is 0 Å². The number of carbonyl (C=O) groups excluding carboxylic acids is 2. The van der Waals surface area contributed by atoms with Crippen molar-refractivity contribution in [2.45, 2.75) is 6.04 Å². The van der Waals surface area contributed by atoms with Gasteiger partial charge in [0.25, 0.3) is 0 Å². The van der Waals surface area contributed by atoms with Gasteiger partial charge >= 0.3 is 7.82 Å². The first-order valence-corrected chi connectivity index (χ1v) is 6.56. The smallest absolute Gasteiger partial charge is 0.347 e. The van der Waals surface area contributed by atoms with Gasteiger partial charge in [-0.25, -0.2) is 4.57 Å². The molecule has 9 nitrogen and oxygen atoms in total. The summed E-state index contributed by atoms with van der Waals surface area (Å²) < 4.78 is 20.3. The number of phosphoric ester groups is 1. The molecule has 0 bridgehead atoms. The SMILES string of the molecule is CN(C)C(=O)C(COP(=O)(O)OCCN)NC=O. The Morgan fingerprint density at radius 3 is 2.61 bits per heavy atom. The molecule has 18 heavy (non-hydrogen) atoms. The summed E-state index contributed by atoms with van der Waals surface area (Å²) in [6.45, 7) is -0.574. The van der Waals surface area contributed by atoms with Gasteiger partial charge in [-0.1, -0.05) is 0 Å². The molecule has 0 aromatic carbocycles. The van der Waals surface area contributed by atoms with Crippen molar-refractivity contribution in [1.82, 2.24) is 10.2 Å². The average Bonchev–Trinajstić information content (AvgIpc) is 2.31. The molecular formula is C8H18N3O6P. The summed E-state index contributed by atoms with van der Waals surface area (Å²) in [5.74, 6) is -0.471. The summed E-state index contributed by atoms with van der Waals surface area (Å²) >= 11 is 0. The first-order valence-electron chi connectivity index (χ1n) is 5.07. The minimum atomic E-state index is -4.26. The molecule has 0 aliphatic carbocycles. The van der Waals surface area contributed by atoms with Crippen LogP contribution in [0.25, 0.3) is 0 Å². The molecule has 0 aliphatic rings. The quantitative estimate of drug-likeness (QED) is 0.339. The van der Waals surface area contributed by atoms with Gasteiger partial charge in [0.15, 0.2) is 0 Å². The summed E-state index contributed by atoms with van der Waals surface area (Å²) in [6.07, 6.45) is 0.304. The molecule has 0 radical (unpaired) electrons. The minimum absolute atomic E-state index is 0.0561. The van der Waals surface area contributed by atoms with Crippen LogP contribution in [0.3, 0.4) is 0 Å². The van der Waals surface area contributed by atoms with Crippen LogP contribution in [0, 0.1) is 0 Å². The highest BCUT2D eigenvalue weighted by atomic mass is 31.2. The Balaban J connectivity index is 4.38. The number of nitrogens with two attached hydrogens (primary N) is 1. The largest absolute Gasteiger partial charge is 0.472 e. The van der Waals surface area contributed by atoms with E-state index in [0.29, 0.717) is 6.41 Å². The highest BCUT2D eigenvalue weighted by Crippen LogP contribution is 2.42. The number of carbonyl (C=O) groups is 2. The van der Waals surface area contributed by atoms with E-state index in [1.165, 1.54) is 19.0 Å². The van der Waals surface area contributed by atoms with Crippen molar-refractivity contribution in [2.24, 2.45) is 5.73 Å². The Morgan fingerprint density at radius 2 is 2.17 bits per heavy atom. The molecule has 0 fully saturated rings. The highest BCUT2D eigenvalue weighted by Gasteiger charge is 2.26. The van der Waals surface area contributed by atoms with Gasteiger partial charge in [-0.2, -0.15) is 0 Å². The standard InChI is InChI=1S/C8H18N3O6P/c1-11(2)8(13)7(10-6-12)5-17-18(14,15)16-4-3-9/h6-7H,3-5,9H2,1-2H3,(H,10,12)(H,14,15). The van der Waals surface area contributed by atoms with Gasteiger partial charge in [0, 0.05) is 20.6 Å². The third-order valence-corrected chi connectivity index (χ3v) is 2.77. The molecule has 0 aromatic rings. The summed E-state index contributed by atoms with van der Waals surface area (Å²) in [5, 5.41) is 2.18. The summed E-state index contributed by atoms with van der Waals surface area (Å²) in [7, 11) is -1.31. The van der Waals surface area contributed by atoms with E-state index < -0.39 is 26.4 Å². The molecule has 0 spiro atoms. The van der Waals surface area contributed by atoms with Crippen molar-refractivity contribution >= 4 is 20.1 Å². The normalized spacial score (nSPS) is 15.6. The monoisotopic (exact) mass is 283 g/mol. The molecule has 2 atom stereocenters. The van der Waals surface area contributed by atoms with Crippen molar-refractivity contribution in [2.75, 3.05) is 33.9 Å². The fraction of sp³-hybridized carbons (Fsp3) is 0.750. The van der Waals surface area contributed by atoms with Gasteiger partial charge in [0.1, 0.15) is 6.04 Å². The zero-order valence-electron chi connectivity index (χ0n) is 10.2. The van der Waals surface area contributed by atoms with Crippen LogP contribution in [0.4, 0.5) is 0 Å². The topological polar surface area (TPSA) is 131 Å². The van der Waals surface area contributed by atoms with Crippen molar-refractivity contribution in [3.63, 3.8) is 0 Å². The van der Waals surface area contributed by atoms with E-state index in [-0.39, 0.29) is 13.2 Å². The van der Waals surface area contributed by atoms with Crippen molar-refractivity contribution in [1.29, 1.82) is 0 Å². The van der Waals surface area contributed by atoms with Crippen LogP contribution in [0.5, 0.6) is 0 Å². The molecule has 2 unspecified atom stereocenters. The molecule has 0 rings (SSSR count). The Labute approximate surface area is 105 Å². The number of nitrogens with one attached hydrogen (secondary N) is 1. The number of amides is 2. The van der Waals surface area contributed by atoms with Crippen LogP contribution >= 0.6 is 7.82 Å². The molecule has 0 saturated heterocycles. The van der Waals surface area contributed by atoms with Crippen LogP contribution in [0.1, 0.15) is 0 Å². The van der Waals surface area contributed by atoms with Crippen molar-refractivity contribution in [3.8, 4) is 0 Å². The maximum Gasteiger partial charge on any atom is 0.472 e. The van der Waals surface area contributed by atoms with E-state index in [1.807, 2.05) is 0 Å². The lowest BCUT2D eigenvalue weighted by Crippen LogP contribution is -2.45. The Bertz CT molecular complexity index is 324. The van der Waals surface area contributed by atoms with Gasteiger partial charge in [-0.05, 0) is 0 Å². The first kappa shape index (κ1) is 17.0. The van der Waals surface area contributed by atoms with E-state index in [9.17, 15) is 19.0 Å². The van der Waals surface area contributed by atoms with Crippen LogP contribution in [0.15, 0.2) is 0 Å². The summed E-state index contributed by atoms with van der Waals surface area (Å²) in [5.41, 5.74) is 5.10. The number of hydrogen-bond acceptors (Lipinski definition) is 6. The van der Waals surface area contributed by atoms with Crippen LogP contribution in [0.2, 0.25) is 0 Å². The van der Waals surface area contributed by atoms with Crippen LogP contribution in [-0.4, -0.2) is 62.0 Å². The Morgan fingerprint density at radius 1 is 1.56 bits per heavy atom. The lowest BCUT2D eigenvalue weighted by molar-refractivity contribution is -0.133. The fourth-order valence-corrected chi connectivity index (χ4v) is 1.71. The molecule has 2 amide bonds. The molecule has 0 saturated carbocycles. The summed E-state index contributed by atoms with van der Waals surface area (Å²) in [4.78, 5) is 32.3. The van der Waals surface area contributed by atoms with E-state index in [1.54, 1.807) is 0 Å². The number of phosphoric acid groups is 1. The fourth-order valence-electron chi connectivity index (χ4n) is 0.959. The third-order valence-electron chi connectivity index (χ3n) is 1.78. The zero-order valence-corrected chi connectivity index (χ0v) is 11.1. The maximum atomic E-state index is 11.6. The Kier molecular flexibility index (Phi) is 7.72. The van der Waals surface area contributed by atoms with Gasteiger partial charge in [-0.3, -0.25) is 18.6 Å². The Hall–Kier alpha value is -0.990.